The van der Waals surface area contributed by atoms with E-state index in [4.69, 9.17) is 15.2 Å². The zero-order valence-electron chi connectivity index (χ0n) is 19.2. The highest BCUT2D eigenvalue weighted by atomic mass is 16.5. The summed E-state index contributed by atoms with van der Waals surface area (Å²) in [7, 11) is 5.25. The van der Waals surface area contributed by atoms with Gasteiger partial charge < -0.3 is 35.6 Å². The van der Waals surface area contributed by atoms with E-state index in [1.54, 1.807) is 28.7 Å². The minimum Gasteiger partial charge on any atom is -0.497 e. The van der Waals surface area contributed by atoms with Crippen molar-refractivity contribution >= 4 is 22.9 Å². The predicted octanol–water partition coefficient (Wildman–Crippen LogP) is -0.794. The maximum atomic E-state index is 12.8. The molecule has 0 bridgehead atoms. The number of anilines is 1. The Morgan fingerprint density at radius 3 is 2.68 bits per heavy atom. The van der Waals surface area contributed by atoms with Crippen molar-refractivity contribution in [2.24, 2.45) is 5.73 Å². The van der Waals surface area contributed by atoms with Gasteiger partial charge in [-0.15, -0.1) is 0 Å². The van der Waals surface area contributed by atoms with Crippen LogP contribution in [0.1, 0.15) is 11.8 Å². The van der Waals surface area contributed by atoms with E-state index in [9.17, 15) is 15.0 Å². The standard InChI is InChI=1S/C22H29N7O5/c1-28(2)19-17-20(25-10-24-19)29(11-26-17)22-18(31)16(15(9-30)34-22)27-21(32)14(23)8-12-4-6-13(33-3)7-5-12/h4-7,10-11,14-16,18,22,30-31H,8-9,23H2,1-3H3,(H,27,32)/t14-,15+,16+,18+,22+/m1/s1. The van der Waals surface area contributed by atoms with Crippen molar-refractivity contribution in [2.45, 2.75) is 36.9 Å². The number of aliphatic hydroxyl groups is 2. The number of fused-ring (bicyclic) bond motifs is 1. The topological polar surface area (TPSA) is 161 Å². The largest absolute Gasteiger partial charge is 0.497 e. The summed E-state index contributed by atoms with van der Waals surface area (Å²) in [5.74, 6) is 0.861. The first kappa shape index (κ1) is 23.8. The number of amides is 1. The third-order valence-electron chi connectivity index (χ3n) is 5.85. The SMILES string of the molecule is COc1ccc(C[C@@H](N)C(=O)N[C@@H]2[C@H](O)[C@@H](n3cnc4c(N(C)C)ncnc43)O[C@H]2CO)cc1. The lowest BCUT2D eigenvalue weighted by Crippen LogP contribution is -2.53. The Morgan fingerprint density at radius 2 is 2.03 bits per heavy atom. The summed E-state index contributed by atoms with van der Waals surface area (Å²) in [5.41, 5.74) is 7.98. The van der Waals surface area contributed by atoms with Crippen LogP contribution >= 0.6 is 0 Å². The summed E-state index contributed by atoms with van der Waals surface area (Å²) in [6.07, 6.45) is 0.250. The summed E-state index contributed by atoms with van der Waals surface area (Å²) in [6.45, 7) is -0.406. The Labute approximate surface area is 196 Å². The summed E-state index contributed by atoms with van der Waals surface area (Å²) < 4.78 is 12.6. The first-order valence-electron chi connectivity index (χ1n) is 10.8. The Balaban J connectivity index is 1.49. The molecule has 2 aromatic heterocycles. The van der Waals surface area contributed by atoms with Gasteiger partial charge in [0.25, 0.3) is 0 Å². The monoisotopic (exact) mass is 471 g/mol. The van der Waals surface area contributed by atoms with Crippen LogP contribution in [-0.2, 0) is 16.0 Å². The highest BCUT2D eigenvalue weighted by Crippen LogP contribution is 2.32. The number of aromatic nitrogens is 4. The van der Waals surface area contributed by atoms with E-state index < -0.39 is 43.0 Å². The number of hydrogen-bond donors (Lipinski definition) is 4. The number of carbonyl (C=O) groups excluding carboxylic acids is 1. The molecule has 12 heteroatoms. The molecule has 0 saturated carbocycles. The van der Waals surface area contributed by atoms with Crippen LogP contribution in [0.2, 0.25) is 0 Å². The van der Waals surface area contributed by atoms with Crippen molar-refractivity contribution in [3.05, 3.63) is 42.5 Å². The van der Waals surface area contributed by atoms with Gasteiger partial charge >= 0.3 is 0 Å². The molecule has 3 aromatic rings. The number of nitrogens with zero attached hydrogens (tertiary/aromatic N) is 5. The number of ether oxygens (including phenoxy) is 2. The van der Waals surface area contributed by atoms with Gasteiger partial charge in [-0.1, -0.05) is 12.1 Å². The average Bonchev–Trinajstić information content (AvgIpc) is 3.40. The number of nitrogens with one attached hydrogen (secondary N) is 1. The number of carbonyl (C=O) groups is 1. The molecule has 1 saturated heterocycles. The van der Waals surface area contributed by atoms with Gasteiger partial charge in [-0.25, -0.2) is 15.0 Å². The molecule has 0 spiro atoms. The van der Waals surface area contributed by atoms with Crippen molar-refractivity contribution < 1.29 is 24.5 Å². The van der Waals surface area contributed by atoms with Gasteiger partial charge in [0.2, 0.25) is 5.91 Å². The van der Waals surface area contributed by atoms with E-state index >= 15 is 0 Å². The maximum Gasteiger partial charge on any atom is 0.237 e. The minimum absolute atomic E-state index is 0.295. The van der Waals surface area contributed by atoms with Gasteiger partial charge in [-0.2, -0.15) is 0 Å². The lowest BCUT2D eigenvalue weighted by atomic mass is 10.0. The van der Waals surface area contributed by atoms with E-state index in [1.165, 1.54) is 12.7 Å². The summed E-state index contributed by atoms with van der Waals surface area (Å²) in [5, 5.41) is 23.6. The molecule has 5 N–H and O–H groups in total. The van der Waals surface area contributed by atoms with E-state index in [0.717, 1.165) is 5.56 Å². The van der Waals surface area contributed by atoms with Gasteiger partial charge in [0.1, 0.15) is 24.3 Å². The third-order valence-corrected chi connectivity index (χ3v) is 5.85. The number of benzene rings is 1. The molecule has 3 heterocycles. The van der Waals surface area contributed by atoms with Crippen LogP contribution in [0, 0.1) is 0 Å². The average molecular weight is 472 g/mol. The maximum absolute atomic E-state index is 12.8. The van der Waals surface area contributed by atoms with Crippen molar-refractivity contribution in [2.75, 3.05) is 32.7 Å². The van der Waals surface area contributed by atoms with Crippen LogP contribution in [0.5, 0.6) is 5.75 Å². The molecule has 1 aromatic carbocycles. The lowest BCUT2D eigenvalue weighted by molar-refractivity contribution is -0.124. The molecule has 1 amide bonds. The number of nitrogens with two attached hydrogens (primary N) is 1. The van der Waals surface area contributed by atoms with Gasteiger partial charge in [-0.05, 0) is 24.1 Å². The van der Waals surface area contributed by atoms with Crippen molar-refractivity contribution in [1.29, 1.82) is 0 Å². The van der Waals surface area contributed by atoms with Crippen molar-refractivity contribution in [3.63, 3.8) is 0 Å². The van der Waals surface area contributed by atoms with E-state index in [-0.39, 0.29) is 0 Å². The van der Waals surface area contributed by atoms with Gasteiger partial charge in [0.15, 0.2) is 23.2 Å². The normalized spacial score (nSPS) is 23.1. The molecule has 5 atom stereocenters. The number of aliphatic hydroxyl groups excluding tert-OH is 2. The fourth-order valence-electron chi connectivity index (χ4n) is 4.04. The third kappa shape index (κ3) is 4.53. The fraction of sp³-hybridized carbons (Fsp3) is 0.455. The van der Waals surface area contributed by atoms with Crippen molar-refractivity contribution in [1.82, 2.24) is 24.8 Å². The number of hydrogen-bond acceptors (Lipinski definition) is 10. The molecular weight excluding hydrogens is 442 g/mol. The van der Waals surface area contributed by atoms with Gasteiger partial charge in [0, 0.05) is 14.1 Å². The Kier molecular flexibility index (Phi) is 6.93. The molecule has 1 aliphatic heterocycles. The van der Waals surface area contributed by atoms with Crippen LogP contribution in [0.15, 0.2) is 36.9 Å². The summed E-state index contributed by atoms with van der Waals surface area (Å²) in [4.78, 5) is 27.5. The molecule has 0 unspecified atom stereocenters. The molecular formula is C22H29N7O5. The minimum atomic E-state index is -1.18. The smallest absolute Gasteiger partial charge is 0.237 e. The molecule has 4 rings (SSSR count). The van der Waals surface area contributed by atoms with Crippen LogP contribution in [0.25, 0.3) is 11.2 Å². The quantitative estimate of drug-likeness (QED) is 0.328. The second-order valence-corrected chi connectivity index (χ2v) is 8.35. The fourth-order valence-corrected chi connectivity index (χ4v) is 4.04. The van der Waals surface area contributed by atoms with Crippen LogP contribution in [0.3, 0.4) is 0 Å². The van der Waals surface area contributed by atoms with Gasteiger partial charge in [-0.3, -0.25) is 9.36 Å². The van der Waals surface area contributed by atoms with Crippen LogP contribution in [0.4, 0.5) is 5.82 Å². The zero-order valence-corrected chi connectivity index (χ0v) is 19.2. The van der Waals surface area contributed by atoms with E-state index in [1.807, 2.05) is 26.2 Å². The highest BCUT2D eigenvalue weighted by Gasteiger charge is 2.46. The number of rotatable bonds is 8. The second-order valence-electron chi connectivity index (χ2n) is 8.35. The lowest BCUT2D eigenvalue weighted by Gasteiger charge is -2.23. The summed E-state index contributed by atoms with van der Waals surface area (Å²) >= 11 is 0. The summed E-state index contributed by atoms with van der Waals surface area (Å²) in [6, 6.07) is 5.52. The van der Waals surface area contributed by atoms with Crippen LogP contribution in [-0.4, -0.2) is 87.7 Å². The first-order valence-corrected chi connectivity index (χ1v) is 10.8. The molecule has 12 nitrogen and oxygen atoms in total. The number of imidazole rings is 1. The Hall–Kier alpha value is -3.32. The number of methoxy groups -OCH3 is 1. The molecule has 1 aliphatic rings. The first-order chi connectivity index (χ1) is 16.3. The van der Waals surface area contributed by atoms with Crippen LogP contribution < -0.4 is 20.7 Å². The second kappa shape index (κ2) is 9.89. The molecule has 1 fully saturated rings. The van der Waals surface area contributed by atoms with Crippen molar-refractivity contribution in [3.8, 4) is 5.75 Å². The Bertz CT molecular complexity index is 1140. The zero-order chi connectivity index (χ0) is 24.4. The Morgan fingerprint density at radius 1 is 1.29 bits per heavy atom. The highest BCUT2D eigenvalue weighted by molar-refractivity contribution is 5.83. The van der Waals surface area contributed by atoms with E-state index in [2.05, 4.69) is 20.3 Å². The van der Waals surface area contributed by atoms with Gasteiger partial charge in [0.05, 0.1) is 32.1 Å². The predicted molar refractivity (Wildman–Crippen MR) is 123 cm³/mol. The molecule has 182 valence electrons. The molecule has 0 aliphatic carbocycles. The molecule has 34 heavy (non-hydrogen) atoms. The van der Waals surface area contributed by atoms with E-state index in [0.29, 0.717) is 29.2 Å². The molecule has 0 radical (unpaired) electrons.